The fourth-order valence-electron chi connectivity index (χ4n) is 3.94. The normalized spacial score (nSPS) is 12.7. The number of imide groups is 1. The summed E-state index contributed by atoms with van der Waals surface area (Å²) in [4.78, 5) is 52.7. The quantitative estimate of drug-likeness (QED) is 0.393. The zero-order valence-electron chi connectivity index (χ0n) is 18.3. The third-order valence-electron chi connectivity index (χ3n) is 5.66. The predicted octanol–water partition coefficient (Wildman–Crippen LogP) is 3.42. The lowest BCUT2D eigenvalue weighted by molar-refractivity contribution is -0.151. The van der Waals surface area contributed by atoms with Gasteiger partial charge in [0.1, 0.15) is 0 Å². The third kappa shape index (κ3) is 4.77. The van der Waals surface area contributed by atoms with Crippen LogP contribution in [0.2, 0.25) is 0 Å². The van der Waals surface area contributed by atoms with E-state index in [0.29, 0.717) is 23.1 Å². The summed E-state index contributed by atoms with van der Waals surface area (Å²) in [6.45, 7) is 0.170. The molecule has 7 nitrogen and oxygen atoms in total. The van der Waals surface area contributed by atoms with Crippen LogP contribution in [0.5, 0.6) is 0 Å². The Hall–Kier alpha value is -4.00. The van der Waals surface area contributed by atoms with Crippen molar-refractivity contribution in [1.82, 2.24) is 9.80 Å². The van der Waals surface area contributed by atoms with Gasteiger partial charge in [0.25, 0.3) is 17.7 Å². The summed E-state index contributed by atoms with van der Waals surface area (Å²) in [5.41, 5.74) is 1.95. The van der Waals surface area contributed by atoms with Gasteiger partial charge in [-0.1, -0.05) is 54.6 Å². The highest BCUT2D eigenvalue weighted by Gasteiger charge is 2.32. The number of benzene rings is 3. The fourth-order valence-corrected chi connectivity index (χ4v) is 3.94. The van der Waals surface area contributed by atoms with Crippen molar-refractivity contribution in [2.75, 3.05) is 20.2 Å². The van der Waals surface area contributed by atoms with E-state index in [2.05, 4.69) is 0 Å². The number of hydrogen-bond acceptors (Lipinski definition) is 5. The van der Waals surface area contributed by atoms with Crippen molar-refractivity contribution in [2.24, 2.45) is 0 Å². The lowest BCUT2D eigenvalue weighted by atomic mass is 9.94. The summed E-state index contributed by atoms with van der Waals surface area (Å²) < 4.78 is 5.09. The molecular formula is C26H24N2O5. The number of esters is 1. The number of carbonyl (C=O) groups excluding carboxylic acids is 4. The maximum absolute atomic E-state index is 12.9. The molecule has 0 saturated heterocycles. The van der Waals surface area contributed by atoms with Crippen molar-refractivity contribution >= 4 is 34.5 Å². The molecule has 0 radical (unpaired) electrons. The molecule has 3 amide bonds. The Labute approximate surface area is 191 Å². The van der Waals surface area contributed by atoms with Crippen LogP contribution in [0.3, 0.4) is 0 Å². The first-order valence-electron chi connectivity index (χ1n) is 10.8. The second kappa shape index (κ2) is 9.65. The SMILES string of the molecule is CN(Cc1ccccc1)C(=O)COC(=O)CCCN1C(=O)c2cccc3cccc(c23)C1=O. The van der Waals surface area contributed by atoms with Crippen LogP contribution in [0.25, 0.3) is 10.8 Å². The van der Waals surface area contributed by atoms with Crippen LogP contribution in [0.15, 0.2) is 66.7 Å². The average molecular weight is 444 g/mol. The van der Waals surface area contributed by atoms with Crippen molar-refractivity contribution in [2.45, 2.75) is 19.4 Å². The van der Waals surface area contributed by atoms with Crippen molar-refractivity contribution in [1.29, 1.82) is 0 Å². The first-order valence-corrected chi connectivity index (χ1v) is 10.8. The van der Waals surface area contributed by atoms with Crippen LogP contribution < -0.4 is 0 Å². The van der Waals surface area contributed by atoms with E-state index in [0.717, 1.165) is 10.9 Å². The molecule has 1 aliphatic heterocycles. The van der Waals surface area contributed by atoms with E-state index in [4.69, 9.17) is 4.74 Å². The molecule has 1 heterocycles. The molecule has 4 rings (SSSR count). The summed E-state index contributed by atoms with van der Waals surface area (Å²) in [5.74, 6) is -1.58. The summed E-state index contributed by atoms with van der Waals surface area (Å²) in [6, 6.07) is 20.2. The first kappa shape index (κ1) is 22.2. The minimum absolute atomic E-state index is 0.00140. The maximum atomic E-state index is 12.9. The highest BCUT2D eigenvalue weighted by atomic mass is 16.5. The number of hydrogen-bond donors (Lipinski definition) is 0. The number of nitrogens with zero attached hydrogens (tertiary/aromatic N) is 2. The Bertz CT molecular complexity index is 1170. The van der Waals surface area contributed by atoms with E-state index >= 15 is 0 Å². The maximum Gasteiger partial charge on any atom is 0.306 e. The molecule has 168 valence electrons. The zero-order valence-corrected chi connectivity index (χ0v) is 18.3. The van der Waals surface area contributed by atoms with Gasteiger partial charge in [0.15, 0.2) is 6.61 Å². The van der Waals surface area contributed by atoms with E-state index in [1.807, 2.05) is 42.5 Å². The average Bonchev–Trinajstić information content (AvgIpc) is 2.83. The number of ether oxygens (including phenoxy) is 1. The molecule has 0 saturated carbocycles. The topological polar surface area (TPSA) is 84.0 Å². The second-order valence-corrected chi connectivity index (χ2v) is 7.97. The molecular weight excluding hydrogens is 420 g/mol. The highest BCUT2D eigenvalue weighted by Crippen LogP contribution is 2.30. The molecule has 0 bridgehead atoms. The van der Waals surface area contributed by atoms with E-state index in [-0.39, 0.29) is 43.7 Å². The molecule has 1 aliphatic rings. The van der Waals surface area contributed by atoms with Crippen LogP contribution in [0, 0.1) is 0 Å². The van der Waals surface area contributed by atoms with Gasteiger partial charge in [-0.15, -0.1) is 0 Å². The molecule has 0 fully saturated rings. The lowest BCUT2D eigenvalue weighted by Gasteiger charge is -2.27. The Morgan fingerprint density at radius 2 is 1.52 bits per heavy atom. The molecule has 0 aromatic heterocycles. The molecule has 0 unspecified atom stereocenters. The first-order chi connectivity index (χ1) is 16.0. The van der Waals surface area contributed by atoms with Gasteiger partial charge in [-0.3, -0.25) is 24.1 Å². The smallest absolute Gasteiger partial charge is 0.306 e. The van der Waals surface area contributed by atoms with Crippen molar-refractivity contribution in [3.05, 3.63) is 83.4 Å². The van der Waals surface area contributed by atoms with Crippen LogP contribution in [0.1, 0.15) is 39.1 Å². The molecule has 0 N–H and O–H groups in total. The predicted molar refractivity (Wildman–Crippen MR) is 122 cm³/mol. The van der Waals surface area contributed by atoms with Crippen LogP contribution in [0.4, 0.5) is 0 Å². The molecule has 3 aromatic carbocycles. The van der Waals surface area contributed by atoms with Gasteiger partial charge in [-0.05, 0) is 29.5 Å². The number of rotatable bonds is 8. The van der Waals surface area contributed by atoms with E-state index in [1.54, 1.807) is 31.3 Å². The minimum atomic E-state index is -0.545. The van der Waals surface area contributed by atoms with Crippen molar-refractivity contribution < 1.29 is 23.9 Å². The summed E-state index contributed by atoms with van der Waals surface area (Å²) in [6.07, 6.45) is 0.251. The fraction of sp³-hybridized carbons (Fsp3) is 0.231. The highest BCUT2D eigenvalue weighted by molar-refractivity contribution is 6.25. The largest absolute Gasteiger partial charge is 0.456 e. The molecule has 3 aromatic rings. The minimum Gasteiger partial charge on any atom is -0.456 e. The van der Waals surface area contributed by atoms with Crippen molar-refractivity contribution in [3.8, 4) is 0 Å². The number of amides is 3. The van der Waals surface area contributed by atoms with Gasteiger partial charge in [-0.25, -0.2) is 0 Å². The number of carbonyl (C=O) groups is 4. The monoisotopic (exact) mass is 444 g/mol. The van der Waals surface area contributed by atoms with Crippen LogP contribution >= 0.6 is 0 Å². The Balaban J connectivity index is 1.27. The summed E-state index contributed by atoms with van der Waals surface area (Å²) in [7, 11) is 1.65. The van der Waals surface area contributed by atoms with Gasteiger partial charge >= 0.3 is 5.97 Å². The van der Waals surface area contributed by atoms with Gasteiger partial charge in [0.05, 0.1) is 0 Å². The number of likely N-dealkylation sites (N-methyl/N-ethyl adjacent to an activating group) is 1. The van der Waals surface area contributed by atoms with Crippen molar-refractivity contribution in [3.63, 3.8) is 0 Å². The molecule has 7 heteroatoms. The van der Waals surface area contributed by atoms with Crippen LogP contribution in [-0.4, -0.2) is 53.7 Å². The third-order valence-corrected chi connectivity index (χ3v) is 5.66. The molecule has 0 spiro atoms. The molecule has 33 heavy (non-hydrogen) atoms. The van der Waals surface area contributed by atoms with Gasteiger partial charge < -0.3 is 9.64 Å². The van der Waals surface area contributed by atoms with E-state index in [9.17, 15) is 19.2 Å². The standard InChI is InChI=1S/C26H24N2O5/c1-27(16-18-8-3-2-4-9-18)22(29)17-33-23(30)14-7-15-28-25(31)20-12-5-10-19-11-6-13-21(24(19)20)26(28)32/h2-6,8-13H,7,14-17H2,1H3. The Morgan fingerprint density at radius 1 is 0.879 bits per heavy atom. The van der Waals surface area contributed by atoms with Gasteiger partial charge in [0.2, 0.25) is 0 Å². The summed E-state index contributed by atoms with van der Waals surface area (Å²) in [5, 5.41) is 1.51. The van der Waals surface area contributed by atoms with E-state index < -0.39 is 5.97 Å². The lowest BCUT2D eigenvalue weighted by Crippen LogP contribution is -2.41. The Kier molecular flexibility index (Phi) is 6.49. The summed E-state index contributed by atoms with van der Waals surface area (Å²) >= 11 is 0. The van der Waals surface area contributed by atoms with E-state index in [1.165, 1.54) is 9.80 Å². The Morgan fingerprint density at radius 3 is 2.15 bits per heavy atom. The molecule has 0 atom stereocenters. The van der Waals surface area contributed by atoms with Crippen LogP contribution in [-0.2, 0) is 20.9 Å². The zero-order chi connectivity index (χ0) is 23.4. The van der Waals surface area contributed by atoms with Gasteiger partial charge in [0, 0.05) is 43.1 Å². The second-order valence-electron chi connectivity index (χ2n) is 7.97. The molecule has 0 aliphatic carbocycles. The van der Waals surface area contributed by atoms with Gasteiger partial charge in [-0.2, -0.15) is 0 Å².